The van der Waals surface area contributed by atoms with Crippen molar-refractivity contribution in [2.75, 3.05) is 102 Å². The number of fused-ring (bicyclic) bond motifs is 1. The lowest BCUT2D eigenvalue weighted by molar-refractivity contribution is 0.172. The molecule has 0 aromatic rings. The summed E-state index contributed by atoms with van der Waals surface area (Å²) in [6.07, 6.45) is 4.64. The summed E-state index contributed by atoms with van der Waals surface area (Å²) in [7, 11) is 11.9. The molecule has 4 fully saturated rings. The molecule has 0 aromatic heterocycles. The quantitative estimate of drug-likeness (QED) is 0.399. The predicted molar refractivity (Wildman–Crippen MR) is 184 cm³/mol. The fourth-order valence-electron chi connectivity index (χ4n) is 7.59. The average molecular weight is 649 g/mol. The fraction of sp³-hybridized carbons (Fsp3) is 1.00. The lowest BCUT2D eigenvalue weighted by Crippen LogP contribution is -2.60. The molecule has 4 aliphatic heterocycles. The van der Waals surface area contributed by atoms with Crippen molar-refractivity contribution < 1.29 is 0 Å². The maximum atomic E-state index is 5.67. The zero-order chi connectivity index (χ0) is 31.1. The van der Waals surface area contributed by atoms with Crippen LogP contribution in [-0.4, -0.2) is 159 Å². The molecule has 4 aliphatic rings. The third kappa shape index (κ3) is 6.45. The van der Waals surface area contributed by atoms with E-state index in [9.17, 15) is 0 Å². The number of nitrogens with zero attached hydrogens (tertiary/aromatic N) is 10. The van der Waals surface area contributed by atoms with Gasteiger partial charge in [0.25, 0.3) is 0 Å². The summed E-state index contributed by atoms with van der Waals surface area (Å²) in [6, 6.07) is 1.18. The van der Waals surface area contributed by atoms with Gasteiger partial charge in [-0.1, -0.05) is 0 Å². The van der Waals surface area contributed by atoms with Gasteiger partial charge in [0.1, 0.15) is 0 Å². The van der Waals surface area contributed by atoms with Crippen LogP contribution in [0, 0.1) is 0 Å². The number of hydrogen-bond acceptors (Lipinski definition) is 3. The van der Waals surface area contributed by atoms with Crippen molar-refractivity contribution in [2.45, 2.75) is 77.0 Å². The summed E-state index contributed by atoms with van der Waals surface area (Å²) < 4.78 is 34.0. The molecule has 0 radical (unpaired) electrons. The Morgan fingerprint density at radius 1 is 0.833 bits per heavy atom. The lowest BCUT2D eigenvalue weighted by Gasteiger charge is -2.59. The van der Waals surface area contributed by atoms with Crippen LogP contribution < -0.4 is 10.2 Å². The highest BCUT2D eigenvalue weighted by Gasteiger charge is 2.50. The molecule has 12 nitrogen and oxygen atoms in total. The second-order valence-corrected chi connectivity index (χ2v) is 23.3. The highest BCUT2D eigenvalue weighted by atomic mass is 31.2. The molecule has 6 atom stereocenters. The minimum atomic E-state index is -2.10. The molecule has 0 spiro atoms. The Labute approximate surface area is 258 Å². The molecular formula is C27H63N12P3. The Kier molecular flexibility index (Phi) is 11.4. The van der Waals surface area contributed by atoms with Crippen LogP contribution in [0.25, 0.3) is 0 Å². The van der Waals surface area contributed by atoms with Gasteiger partial charge in [-0.3, -0.25) is 29.1 Å². The largest absolute Gasteiger partial charge is 0.264 e. The molecule has 0 amide bonds. The minimum absolute atomic E-state index is 0.0841. The Morgan fingerprint density at radius 3 is 2.12 bits per heavy atom. The zero-order valence-electron chi connectivity index (χ0n) is 28.8. The molecular weight excluding hydrogens is 585 g/mol. The summed E-state index contributed by atoms with van der Waals surface area (Å²) in [5.41, 5.74) is -0.0841. The van der Waals surface area contributed by atoms with Gasteiger partial charge < -0.3 is 0 Å². The van der Waals surface area contributed by atoms with Gasteiger partial charge in [-0.15, -0.1) is 0 Å². The molecule has 0 aliphatic carbocycles. The first kappa shape index (κ1) is 35.2. The van der Waals surface area contributed by atoms with Crippen LogP contribution in [0.15, 0.2) is 14.2 Å². The van der Waals surface area contributed by atoms with E-state index in [1.807, 2.05) is 7.05 Å². The molecule has 246 valence electrons. The molecule has 4 heterocycles. The van der Waals surface area contributed by atoms with Crippen molar-refractivity contribution in [3.63, 3.8) is 0 Å². The van der Waals surface area contributed by atoms with Gasteiger partial charge in [0.05, 0.1) is 5.54 Å². The summed E-state index contributed by atoms with van der Waals surface area (Å²) in [4.78, 5) is 0. The van der Waals surface area contributed by atoms with Gasteiger partial charge in [-0.2, -0.15) is 0 Å². The third-order valence-electron chi connectivity index (χ3n) is 9.57. The average Bonchev–Trinajstić information content (AvgIpc) is 2.91. The summed E-state index contributed by atoms with van der Waals surface area (Å²) >= 11 is 0. The minimum Gasteiger partial charge on any atom is -0.264 e. The topological polar surface area (TPSA) is 83.8 Å². The SMILES string of the molecule is CCN=P1(N(C)C)NC(CN(C)P2(=NC)NC(C3CCN4CCCN(C)P4(=NC(C)(C)C)N3C)CCN2C)CCN1C. The highest BCUT2D eigenvalue weighted by Crippen LogP contribution is 2.65. The van der Waals surface area contributed by atoms with Gasteiger partial charge in [-0.05, 0) is 103 Å². The Balaban J connectivity index is 1.60. The van der Waals surface area contributed by atoms with Crippen LogP contribution in [0.5, 0.6) is 0 Å². The zero-order valence-corrected chi connectivity index (χ0v) is 31.5. The number of hydrogen-bond donors (Lipinski definition) is 2. The molecule has 4 rings (SSSR count). The van der Waals surface area contributed by atoms with Gasteiger partial charge in [0, 0.05) is 71.0 Å². The molecule has 4 saturated heterocycles. The van der Waals surface area contributed by atoms with Crippen LogP contribution in [0.3, 0.4) is 0 Å². The first-order valence-electron chi connectivity index (χ1n) is 16.0. The van der Waals surface area contributed by atoms with Crippen LogP contribution in [-0.2, 0) is 0 Å². The summed E-state index contributed by atoms with van der Waals surface area (Å²) in [6.45, 7) is 16.3. The van der Waals surface area contributed by atoms with Crippen molar-refractivity contribution in [1.29, 1.82) is 0 Å². The number of nitrogens with one attached hydrogen (secondary N) is 2. The third-order valence-corrected chi connectivity index (χ3v) is 21.0. The van der Waals surface area contributed by atoms with Crippen molar-refractivity contribution in [3.05, 3.63) is 0 Å². The van der Waals surface area contributed by atoms with Gasteiger partial charge in [-0.25, -0.2) is 28.0 Å². The Morgan fingerprint density at radius 2 is 1.50 bits per heavy atom. The standard InChI is InChI=1S/C27H63N12P3/c1-13-29-41(33(6)7)30-24(15-20-35(41)9)23-37(11)40(28-5)31-25(16-21-34(40)8)26-17-22-39-19-14-18-36(10)42(39,38(26)12)32-27(2,3)4/h24-26,30-31H,13-23H2,1-12H3. The molecule has 42 heavy (non-hydrogen) atoms. The predicted octanol–water partition coefficient (Wildman–Crippen LogP) is 4.70. The van der Waals surface area contributed by atoms with Crippen LogP contribution in [0.2, 0.25) is 0 Å². The lowest BCUT2D eigenvalue weighted by atomic mass is 10.0. The smallest absolute Gasteiger partial charge is 0.168 e. The first-order valence-corrected chi connectivity index (χ1v) is 20.9. The Hall–Kier alpha value is 0.330. The van der Waals surface area contributed by atoms with Crippen LogP contribution >= 0.6 is 22.5 Å². The molecule has 6 unspecified atom stereocenters. The van der Waals surface area contributed by atoms with E-state index in [-0.39, 0.29) is 5.54 Å². The van der Waals surface area contributed by atoms with E-state index in [0.29, 0.717) is 18.1 Å². The van der Waals surface area contributed by atoms with Crippen LogP contribution in [0.4, 0.5) is 0 Å². The van der Waals surface area contributed by atoms with E-state index in [1.165, 1.54) is 12.8 Å². The van der Waals surface area contributed by atoms with E-state index in [4.69, 9.17) is 14.2 Å². The second kappa shape index (κ2) is 13.6. The molecule has 15 heteroatoms. The van der Waals surface area contributed by atoms with E-state index in [0.717, 1.165) is 58.7 Å². The summed E-state index contributed by atoms with van der Waals surface area (Å²) in [5, 5.41) is 8.30. The van der Waals surface area contributed by atoms with E-state index < -0.39 is 22.5 Å². The Bertz CT molecular complexity index is 1100. The normalized spacial score (nSPS) is 38.6. The maximum Gasteiger partial charge on any atom is 0.168 e. The highest BCUT2D eigenvalue weighted by molar-refractivity contribution is 7.60. The second-order valence-electron chi connectivity index (χ2n) is 13.8. The fourth-order valence-corrected chi connectivity index (χ4v) is 18.3. The van der Waals surface area contributed by atoms with E-state index in [2.05, 4.69) is 120 Å². The number of likely N-dealkylation sites (N-methyl/N-ethyl adjacent to an activating group) is 2. The van der Waals surface area contributed by atoms with Crippen LogP contribution in [0.1, 0.15) is 53.4 Å². The van der Waals surface area contributed by atoms with Gasteiger partial charge >= 0.3 is 0 Å². The monoisotopic (exact) mass is 648 g/mol. The van der Waals surface area contributed by atoms with Crippen molar-refractivity contribution in [2.24, 2.45) is 14.2 Å². The van der Waals surface area contributed by atoms with E-state index >= 15 is 0 Å². The molecule has 0 aromatic carbocycles. The first-order chi connectivity index (χ1) is 19.7. The van der Waals surface area contributed by atoms with Gasteiger partial charge in [0.2, 0.25) is 0 Å². The van der Waals surface area contributed by atoms with Crippen molar-refractivity contribution >= 4 is 22.5 Å². The molecule has 0 bridgehead atoms. The molecule has 0 saturated carbocycles. The molecule has 2 N–H and O–H groups in total. The number of rotatable bonds is 6. The van der Waals surface area contributed by atoms with E-state index in [1.54, 1.807) is 0 Å². The van der Waals surface area contributed by atoms with Crippen molar-refractivity contribution in [1.82, 2.24) is 42.9 Å². The van der Waals surface area contributed by atoms with Gasteiger partial charge in [0.15, 0.2) is 22.5 Å². The van der Waals surface area contributed by atoms with Crippen molar-refractivity contribution in [3.8, 4) is 0 Å². The summed E-state index contributed by atoms with van der Waals surface area (Å²) in [5.74, 6) is 0. The maximum absolute atomic E-state index is 5.67.